The third kappa shape index (κ3) is 7.27. The zero-order valence-corrected chi connectivity index (χ0v) is 22.7. The van der Waals surface area contributed by atoms with Gasteiger partial charge in [-0.2, -0.15) is 0 Å². The Morgan fingerprint density at radius 3 is 2.05 bits per heavy atom. The summed E-state index contributed by atoms with van der Waals surface area (Å²) in [4.78, 5) is 31.0. The van der Waals surface area contributed by atoms with Crippen LogP contribution in [0.5, 0.6) is 5.75 Å². The zero-order valence-electron chi connectivity index (χ0n) is 21.1. The molecule has 0 bridgehead atoms. The van der Waals surface area contributed by atoms with E-state index in [0.717, 1.165) is 31.4 Å². The monoisotopic (exact) mass is 546 g/mol. The van der Waals surface area contributed by atoms with Gasteiger partial charge in [0.1, 0.15) is 5.57 Å². The van der Waals surface area contributed by atoms with Gasteiger partial charge < -0.3 is 14.2 Å². The van der Waals surface area contributed by atoms with Crippen LogP contribution < -0.4 is 9.64 Å². The fraction of sp³-hybridized carbons (Fsp3) is 0.423. The number of thiocarbonyl (C=S) groups is 1. The molecule has 1 aromatic carbocycles. The van der Waals surface area contributed by atoms with Crippen molar-refractivity contribution in [1.29, 1.82) is 0 Å². The highest BCUT2D eigenvalue weighted by molar-refractivity contribution is 7.85. The minimum absolute atomic E-state index is 0.0450. The fourth-order valence-electron chi connectivity index (χ4n) is 3.97. The van der Waals surface area contributed by atoms with E-state index < -0.39 is 27.7 Å². The third-order valence-corrected chi connectivity index (χ3v) is 7.14. The van der Waals surface area contributed by atoms with Crippen LogP contribution in [0.4, 0.5) is 5.69 Å². The van der Waals surface area contributed by atoms with Crippen molar-refractivity contribution in [2.24, 2.45) is 0 Å². The van der Waals surface area contributed by atoms with Gasteiger partial charge in [0.2, 0.25) is 5.88 Å². The Morgan fingerprint density at radius 2 is 1.46 bits per heavy atom. The second kappa shape index (κ2) is 13.0. The van der Waals surface area contributed by atoms with E-state index in [1.165, 1.54) is 15.9 Å². The molecule has 0 spiro atoms. The van der Waals surface area contributed by atoms with Gasteiger partial charge in [-0.3, -0.25) is 19.4 Å². The van der Waals surface area contributed by atoms with E-state index >= 15 is 0 Å². The van der Waals surface area contributed by atoms with Gasteiger partial charge in [-0.15, -0.1) is 0 Å². The maximum absolute atomic E-state index is 13.1. The van der Waals surface area contributed by atoms with Crippen LogP contribution in [0.1, 0.15) is 46.0 Å². The number of nitrogens with zero attached hydrogens (tertiary/aromatic N) is 3. The SMILES string of the molecule is CCCCN1C(=O)C(=CC=CC=C2Oc3ccccc3N2CCCS(=O)(=O)[O-])C(=O)N(CCCC)C1=S. The van der Waals surface area contributed by atoms with Gasteiger partial charge in [-0.05, 0) is 55.8 Å². The smallest absolute Gasteiger partial charge is 0.265 e. The molecule has 0 atom stereocenters. The molecule has 1 saturated heterocycles. The molecular weight excluding hydrogens is 514 g/mol. The first kappa shape index (κ1) is 28.5. The molecule has 2 aliphatic heterocycles. The molecule has 2 aliphatic rings. The van der Waals surface area contributed by atoms with E-state index in [1.807, 2.05) is 32.0 Å². The standard InChI is InChI=1S/C26H33N3O6S2/c1-3-5-16-28-24(30)20(25(31)29(26(28)36)17-6-4-2)12-7-10-15-23-27(18-11-19-37(32,33)34)21-13-8-9-14-22(21)35-23/h7-10,12-15H,3-6,11,16-19H2,1-2H3,(H,32,33,34)/p-1. The Labute approximate surface area is 223 Å². The second-order valence-electron chi connectivity index (χ2n) is 8.71. The maximum atomic E-state index is 13.1. The van der Waals surface area contributed by atoms with E-state index in [2.05, 4.69) is 0 Å². The summed E-state index contributed by atoms with van der Waals surface area (Å²) < 4.78 is 39.0. The predicted octanol–water partition coefficient (Wildman–Crippen LogP) is 3.70. The lowest BCUT2D eigenvalue weighted by Crippen LogP contribution is -2.56. The van der Waals surface area contributed by atoms with Crippen LogP contribution >= 0.6 is 12.2 Å². The quantitative estimate of drug-likeness (QED) is 0.169. The highest BCUT2D eigenvalue weighted by Gasteiger charge is 2.38. The van der Waals surface area contributed by atoms with Crippen LogP contribution in [-0.2, 0) is 19.7 Å². The van der Waals surface area contributed by atoms with Crippen molar-refractivity contribution in [3.63, 3.8) is 0 Å². The summed E-state index contributed by atoms with van der Waals surface area (Å²) in [6.07, 6.45) is 9.85. The predicted molar refractivity (Wildman–Crippen MR) is 145 cm³/mol. The number of ether oxygens (including phenoxy) is 1. The number of rotatable bonds is 12. The average molecular weight is 547 g/mol. The van der Waals surface area contributed by atoms with Crippen LogP contribution in [0.15, 0.2) is 60.0 Å². The highest BCUT2D eigenvalue weighted by Crippen LogP contribution is 2.38. The van der Waals surface area contributed by atoms with Crippen LogP contribution in [0.3, 0.4) is 0 Å². The van der Waals surface area contributed by atoms with Gasteiger partial charge in [-0.1, -0.05) is 51.0 Å². The Kier molecular flexibility index (Phi) is 10.0. The van der Waals surface area contributed by atoms with Gasteiger partial charge >= 0.3 is 0 Å². The molecule has 11 heteroatoms. The van der Waals surface area contributed by atoms with Crippen LogP contribution in [-0.4, -0.2) is 65.1 Å². The number of allylic oxidation sites excluding steroid dienone is 4. The van der Waals surface area contributed by atoms with Crippen LogP contribution in [0.2, 0.25) is 0 Å². The number of para-hydroxylation sites is 2. The first-order valence-electron chi connectivity index (χ1n) is 12.4. The van der Waals surface area contributed by atoms with Crippen molar-refractivity contribution in [1.82, 2.24) is 9.80 Å². The molecule has 0 aromatic heterocycles. The van der Waals surface area contributed by atoms with Crippen molar-refractivity contribution >= 4 is 45.0 Å². The Bertz CT molecular complexity index is 1190. The third-order valence-electron chi connectivity index (χ3n) is 5.91. The van der Waals surface area contributed by atoms with Crippen molar-refractivity contribution in [3.05, 3.63) is 60.0 Å². The summed E-state index contributed by atoms with van der Waals surface area (Å²) in [6.45, 7) is 5.23. The number of anilines is 1. The molecule has 0 saturated carbocycles. The van der Waals surface area contributed by atoms with Gasteiger partial charge in [0.25, 0.3) is 11.8 Å². The maximum Gasteiger partial charge on any atom is 0.265 e. The topological polar surface area (TPSA) is 110 Å². The number of hydrogen-bond acceptors (Lipinski definition) is 8. The molecule has 37 heavy (non-hydrogen) atoms. The zero-order chi connectivity index (χ0) is 27.0. The van der Waals surface area contributed by atoms with Gasteiger partial charge in [-0.25, -0.2) is 8.42 Å². The molecule has 0 radical (unpaired) electrons. The molecule has 2 amide bonds. The molecule has 0 aliphatic carbocycles. The first-order chi connectivity index (χ1) is 17.7. The van der Waals surface area contributed by atoms with Gasteiger partial charge in [0.15, 0.2) is 10.9 Å². The number of fused-ring (bicyclic) bond motifs is 1. The van der Waals surface area contributed by atoms with Gasteiger partial charge in [0.05, 0.1) is 15.8 Å². The van der Waals surface area contributed by atoms with Gasteiger partial charge in [0, 0.05) is 25.4 Å². The van der Waals surface area contributed by atoms with E-state index in [4.69, 9.17) is 17.0 Å². The molecule has 200 valence electrons. The lowest BCUT2D eigenvalue weighted by Gasteiger charge is -2.36. The number of unbranched alkanes of at least 4 members (excludes halogenated alkanes) is 2. The van der Waals surface area contributed by atoms with Crippen molar-refractivity contribution in [3.8, 4) is 5.75 Å². The number of hydrogen-bond donors (Lipinski definition) is 0. The van der Waals surface area contributed by atoms with Crippen LogP contribution in [0.25, 0.3) is 0 Å². The number of carbonyl (C=O) groups excluding carboxylic acids is 2. The Balaban J connectivity index is 1.81. The lowest BCUT2D eigenvalue weighted by molar-refractivity contribution is -0.133. The molecule has 9 nitrogen and oxygen atoms in total. The molecule has 0 unspecified atom stereocenters. The van der Waals surface area contributed by atoms with E-state index in [1.54, 1.807) is 29.2 Å². The lowest BCUT2D eigenvalue weighted by atomic mass is 10.1. The van der Waals surface area contributed by atoms with E-state index in [9.17, 15) is 22.6 Å². The summed E-state index contributed by atoms with van der Waals surface area (Å²) in [5, 5.41) is 0.257. The molecule has 1 aromatic rings. The average Bonchev–Trinajstić information content (AvgIpc) is 3.20. The number of carbonyl (C=O) groups is 2. The largest absolute Gasteiger partial charge is 0.748 e. The van der Waals surface area contributed by atoms with Crippen molar-refractivity contribution in [2.75, 3.05) is 30.3 Å². The van der Waals surface area contributed by atoms with Crippen molar-refractivity contribution in [2.45, 2.75) is 46.0 Å². The summed E-state index contributed by atoms with van der Waals surface area (Å²) in [5.74, 6) is -0.238. The fourth-order valence-corrected chi connectivity index (χ4v) is 4.80. The molecule has 1 fully saturated rings. The Hall–Kier alpha value is -3.02. The summed E-state index contributed by atoms with van der Waals surface area (Å²) in [6, 6.07) is 7.28. The Morgan fingerprint density at radius 1 is 0.892 bits per heavy atom. The van der Waals surface area contributed by atoms with E-state index in [0.29, 0.717) is 24.7 Å². The molecule has 3 rings (SSSR count). The summed E-state index contributed by atoms with van der Waals surface area (Å²) in [5.41, 5.74) is 0.802. The molecule has 0 N–H and O–H groups in total. The van der Waals surface area contributed by atoms with Crippen molar-refractivity contribution < 1.29 is 27.3 Å². The first-order valence-corrected chi connectivity index (χ1v) is 14.4. The number of amides is 2. The normalized spacial score (nSPS) is 17.3. The van der Waals surface area contributed by atoms with E-state index in [-0.39, 0.29) is 23.7 Å². The second-order valence-corrected chi connectivity index (χ2v) is 10.6. The highest BCUT2D eigenvalue weighted by atomic mass is 32.2. The minimum Gasteiger partial charge on any atom is -0.748 e. The summed E-state index contributed by atoms with van der Waals surface area (Å²) >= 11 is 5.47. The molecule has 2 heterocycles. The summed E-state index contributed by atoms with van der Waals surface area (Å²) in [7, 11) is -4.32. The molecular formula is C26H32N3O6S2-. The number of benzene rings is 1. The van der Waals surface area contributed by atoms with Crippen LogP contribution in [0, 0.1) is 0 Å². The minimum atomic E-state index is -4.32.